The molecule has 1 saturated carbocycles. The van der Waals surface area contributed by atoms with Crippen molar-refractivity contribution < 1.29 is 5.11 Å². The van der Waals surface area contributed by atoms with Gasteiger partial charge in [-0.15, -0.1) is 0 Å². The molecule has 1 aliphatic carbocycles. The van der Waals surface area contributed by atoms with E-state index in [1.54, 1.807) is 0 Å². The number of hydrogen-bond donors (Lipinski definition) is 1. The SMILES string of the molecule is CCCCCCCCCC1CCCCC1(CCO)N(C)C. The molecule has 0 saturated heterocycles. The van der Waals surface area contributed by atoms with Crippen LogP contribution in [0.2, 0.25) is 0 Å². The lowest BCUT2D eigenvalue weighted by atomic mass is 9.68. The van der Waals surface area contributed by atoms with E-state index in [4.69, 9.17) is 0 Å². The highest BCUT2D eigenvalue weighted by Gasteiger charge is 2.41. The van der Waals surface area contributed by atoms with Crippen LogP contribution in [0.25, 0.3) is 0 Å². The summed E-state index contributed by atoms with van der Waals surface area (Å²) in [5.41, 5.74) is 0.273. The molecule has 2 unspecified atom stereocenters. The first kappa shape index (κ1) is 19.0. The quantitative estimate of drug-likeness (QED) is 0.542. The van der Waals surface area contributed by atoms with Crippen LogP contribution in [-0.4, -0.2) is 36.2 Å². The van der Waals surface area contributed by atoms with E-state index in [-0.39, 0.29) is 5.54 Å². The molecule has 0 spiro atoms. The third kappa shape index (κ3) is 5.90. The number of hydrogen-bond acceptors (Lipinski definition) is 2. The standard InChI is InChI=1S/C19H39NO/c1-4-5-6-7-8-9-10-13-18-14-11-12-15-19(18,16-17-21)20(2)3/h18,21H,4-17H2,1-3H3. The first-order valence-corrected chi connectivity index (χ1v) is 9.45. The van der Waals surface area contributed by atoms with Gasteiger partial charge < -0.3 is 10.0 Å². The molecule has 0 aromatic heterocycles. The van der Waals surface area contributed by atoms with Crippen molar-refractivity contribution >= 4 is 0 Å². The second-order valence-corrected chi connectivity index (χ2v) is 7.32. The maximum atomic E-state index is 9.52. The van der Waals surface area contributed by atoms with Gasteiger partial charge in [0.25, 0.3) is 0 Å². The van der Waals surface area contributed by atoms with Crippen LogP contribution < -0.4 is 0 Å². The molecule has 2 atom stereocenters. The van der Waals surface area contributed by atoms with E-state index >= 15 is 0 Å². The molecule has 0 heterocycles. The fraction of sp³-hybridized carbons (Fsp3) is 1.00. The summed E-state index contributed by atoms with van der Waals surface area (Å²) in [6.07, 6.45) is 17.5. The minimum atomic E-state index is 0.273. The average Bonchev–Trinajstić information content (AvgIpc) is 2.48. The van der Waals surface area contributed by atoms with Crippen LogP contribution in [0.5, 0.6) is 0 Å². The van der Waals surface area contributed by atoms with E-state index in [1.807, 2.05) is 0 Å². The van der Waals surface area contributed by atoms with Crippen molar-refractivity contribution in [2.24, 2.45) is 5.92 Å². The molecule has 1 aliphatic rings. The zero-order valence-electron chi connectivity index (χ0n) is 14.9. The summed E-state index contributed by atoms with van der Waals surface area (Å²) >= 11 is 0. The van der Waals surface area contributed by atoms with Crippen LogP contribution >= 0.6 is 0 Å². The van der Waals surface area contributed by atoms with E-state index in [0.717, 1.165) is 12.3 Å². The lowest BCUT2D eigenvalue weighted by Crippen LogP contribution is -2.52. The Morgan fingerprint density at radius 3 is 2.29 bits per heavy atom. The molecule has 1 rings (SSSR count). The molecule has 1 fully saturated rings. The lowest BCUT2D eigenvalue weighted by molar-refractivity contribution is 0.00949. The van der Waals surface area contributed by atoms with Crippen LogP contribution in [0.1, 0.15) is 90.4 Å². The molecular weight excluding hydrogens is 258 g/mol. The number of aliphatic hydroxyl groups is 1. The highest BCUT2D eigenvalue weighted by atomic mass is 16.3. The first-order chi connectivity index (χ1) is 10.2. The fourth-order valence-electron chi connectivity index (χ4n) is 4.39. The Hall–Kier alpha value is -0.0800. The molecule has 21 heavy (non-hydrogen) atoms. The highest BCUT2D eigenvalue weighted by Crippen LogP contribution is 2.42. The number of rotatable bonds is 11. The minimum absolute atomic E-state index is 0.273. The van der Waals surface area contributed by atoms with Crippen LogP contribution in [0.3, 0.4) is 0 Å². The van der Waals surface area contributed by atoms with Crippen LogP contribution in [0.15, 0.2) is 0 Å². The predicted octanol–water partition coefficient (Wildman–Crippen LogP) is 5.00. The van der Waals surface area contributed by atoms with Crippen molar-refractivity contribution in [3.8, 4) is 0 Å². The van der Waals surface area contributed by atoms with Crippen molar-refractivity contribution in [1.82, 2.24) is 4.90 Å². The summed E-state index contributed by atoms with van der Waals surface area (Å²) in [7, 11) is 4.44. The Morgan fingerprint density at radius 2 is 1.67 bits per heavy atom. The highest BCUT2D eigenvalue weighted by molar-refractivity contribution is 4.96. The molecule has 0 radical (unpaired) electrons. The Bertz CT molecular complexity index is 250. The second kappa shape index (κ2) is 10.6. The Morgan fingerprint density at radius 1 is 1.00 bits per heavy atom. The molecule has 0 bridgehead atoms. The smallest absolute Gasteiger partial charge is 0.0448 e. The van der Waals surface area contributed by atoms with Gasteiger partial charge in [-0.1, -0.05) is 64.7 Å². The Balaban J connectivity index is 2.35. The zero-order chi connectivity index (χ0) is 15.6. The summed E-state index contributed by atoms with van der Waals surface area (Å²) in [5.74, 6) is 0.795. The van der Waals surface area contributed by atoms with Crippen molar-refractivity contribution in [3.05, 3.63) is 0 Å². The van der Waals surface area contributed by atoms with E-state index in [2.05, 4.69) is 25.9 Å². The molecular formula is C19H39NO. The van der Waals surface area contributed by atoms with Gasteiger partial charge in [0.1, 0.15) is 0 Å². The summed E-state index contributed by atoms with van der Waals surface area (Å²) in [6, 6.07) is 0. The van der Waals surface area contributed by atoms with Crippen LogP contribution in [0, 0.1) is 5.92 Å². The van der Waals surface area contributed by atoms with E-state index < -0.39 is 0 Å². The second-order valence-electron chi connectivity index (χ2n) is 7.32. The van der Waals surface area contributed by atoms with Gasteiger partial charge in [0.05, 0.1) is 0 Å². The number of nitrogens with zero attached hydrogens (tertiary/aromatic N) is 1. The van der Waals surface area contributed by atoms with E-state index in [9.17, 15) is 5.11 Å². The summed E-state index contributed by atoms with van der Waals surface area (Å²) in [5, 5.41) is 9.52. The maximum Gasteiger partial charge on any atom is 0.0448 e. The molecule has 2 heteroatoms. The van der Waals surface area contributed by atoms with Crippen molar-refractivity contribution in [2.45, 2.75) is 95.9 Å². The lowest BCUT2D eigenvalue weighted by Gasteiger charge is -2.49. The topological polar surface area (TPSA) is 23.5 Å². The summed E-state index contributed by atoms with van der Waals surface area (Å²) in [6.45, 7) is 2.62. The molecule has 0 amide bonds. The van der Waals surface area contributed by atoms with Gasteiger partial charge in [-0.25, -0.2) is 0 Å². The van der Waals surface area contributed by atoms with Crippen molar-refractivity contribution in [3.63, 3.8) is 0 Å². The molecule has 2 nitrogen and oxygen atoms in total. The van der Waals surface area contributed by atoms with Gasteiger partial charge in [0.15, 0.2) is 0 Å². The average molecular weight is 298 g/mol. The molecule has 126 valence electrons. The zero-order valence-corrected chi connectivity index (χ0v) is 14.9. The molecule has 1 N–H and O–H groups in total. The molecule has 0 aromatic carbocycles. The first-order valence-electron chi connectivity index (χ1n) is 9.45. The third-order valence-corrected chi connectivity index (χ3v) is 5.76. The maximum absolute atomic E-state index is 9.52. The van der Waals surface area contributed by atoms with Gasteiger partial charge in [-0.3, -0.25) is 0 Å². The van der Waals surface area contributed by atoms with Gasteiger partial charge >= 0.3 is 0 Å². The minimum Gasteiger partial charge on any atom is -0.396 e. The third-order valence-electron chi connectivity index (χ3n) is 5.76. The summed E-state index contributed by atoms with van der Waals surface area (Å²) in [4.78, 5) is 2.42. The predicted molar refractivity (Wildman–Crippen MR) is 92.7 cm³/mol. The summed E-state index contributed by atoms with van der Waals surface area (Å²) < 4.78 is 0. The van der Waals surface area contributed by atoms with Gasteiger partial charge in [0, 0.05) is 12.1 Å². The normalized spacial score (nSPS) is 26.4. The van der Waals surface area contributed by atoms with Crippen LogP contribution in [-0.2, 0) is 0 Å². The van der Waals surface area contributed by atoms with E-state index in [1.165, 1.54) is 77.0 Å². The fourth-order valence-corrected chi connectivity index (χ4v) is 4.39. The van der Waals surface area contributed by atoms with Crippen molar-refractivity contribution in [2.75, 3.05) is 20.7 Å². The van der Waals surface area contributed by atoms with Gasteiger partial charge in [-0.05, 0) is 45.7 Å². The monoisotopic (exact) mass is 297 g/mol. The number of aliphatic hydroxyl groups excluding tert-OH is 1. The van der Waals surface area contributed by atoms with Crippen molar-refractivity contribution in [1.29, 1.82) is 0 Å². The van der Waals surface area contributed by atoms with Crippen LogP contribution in [0.4, 0.5) is 0 Å². The van der Waals surface area contributed by atoms with Gasteiger partial charge in [0.2, 0.25) is 0 Å². The molecule has 0 aromatic rings. The van der Waals surface area contributed by atoms with E-state index in [0.29, 0.717) is 6.61 Å². The Kier molecular flexibility index (Phi) is 9.59. The Labute approximate surface area is 133 Å². The number of unbranched alkanes of at least 4 members (excludes halogenated alkanes) is 6. The van der Waals surface area contributed by atoms with Gasteiger partial charge in [-0.2, -0.15) is 0 Å². The largest absolute Gasteiger partial charge is 0.396 e. The molecule has 0 aliphatic heterocycles.